The molecule has 0 bridgehead atoms. The minimum absolute atomic E-state index is 0.463. The summed E-state index contributed by atoms with van der Waals surface area (Å²) in [6.45, 7) is 15.3. The van der Waals surface area contributed by atoms with Gasteiger partial charge in [0.25, 0.3) is 0 Å². The molecule has 0 heteroatoms. The molecule has 35 heavy (non-hydrogen) atoms. The van der Waals surface area contributed by atoms with Crippen LogP contribution in [0.3, 0.4) is 0 Å². The molecule has 1 radical (unpaired) electrons. The van der Waals surface area contributed by atoms with E-state index in [2.05, 4.69) is 78.0 Å². The maximum atomic E-state index is 3.55. The van der Waals surface area contributed by atoms with Crippen LogP contribution in [0.15, 0.2) is 35.9 Å². The van der Waals surface area contributed by atoms with Crippen LogP contribution < -0.4 is 0 Å². The first-order valence-electron chi connectivity index (χ1n) is 15.4. The van der Waals surface area contributed by atoms with Gasteiger partial charge in [-0.15, -0.1) is 0 Å². The van der Waals surface area contributed by atoms with Gasteiger partial charge in [-0.25, -0.2) is 0 Å². The van der Waals surface area contributed by atoms with Crippen molar-refractivity contribution in [2.75, 3.05) is 0 Å². The molecule has 4 aliphatic rings. The fourth-order valence-electron chi connectivity index (χ4n) is 10.2. The normalized spacial score (nSPS) is 40.4. The SMILES string of the molecule is CC[C@H](CC[C@@H](C)[C@H]1CCC2C3CC=C4CC(c5[c]cccc5)CC[C@]4(C)C3CC[C@@]21C)C(C)C. The summed E-state index contributed by atoms with van der Waals surface area (Å²) in [5, 5.41) is 0. The maximum absolute atomic E-state index is 3.55. The van der Waals surface area contributed by atoms with Crippen molar-refractivity contribution in [3.63, 3.8) is 0 Å². The van der Waals surface area contributed by atoms with E-state index in [-0.39, 0.29) is 0 Å². The van der Waals surface area contributed by atoms with Crippen LogP contribution in [0.2, 0.25) is 0 Å². The molecule has 0 spiro atoms. The lowest BCUT2D eigenvalue weighted by atomic mass is 9.46. The third-order valence-electron chi connectivity index (χ3n) is 12.5. The molecule has 9 atom stereocenters. The molecule has 0 heterocycles. The number of hydrogen-bond donors (Lipinski definition) is 0. The first-order valence-corrected chi connectivity index (χ1v) is 15.4. The summed E-state index contributed by atoms with van der Waals surface area (Å²) in [6, 6.07) is 12.3. The van der Waals surface area contributed by atoms with Gasteiger partial charge in [0.1, 0.15) is 0 Å². The van der Waals surface area contributed by atoms with E-state index in [1.54, 1.807) is 0 Å². The Bertz CT molecular complexity index is 879. The molecule has 3 saturated carbocycles. The van der Waals surface area contributed by atoms with Gasteiger partial charge < -0.3 is 0 Å². The van der Waals surface area contributed by atoms with E-state index in [1.165, 1.54) is 76.2 Å². The van der Waals surface area contributed by atoms with Crippen LogP contribution in [0.5, 0.6) is 0 Å². The van der Waals surface area contributed by atoms with Crippen molar-refractivity contribution in [3.8, 4) is 0 Å². The summed E-state index contributed by atoms with van der Waals surface area (Å²) in [6.07, 6.45) is 18.4. The van der Waals surface area contributed by atoms with Crippen LogP contribution >= 0.6 is 0 Å². The van der Waals surface area contributed by atoms with Gasteiger partial charge in [-0.05, 0) is 128 Å². The Morgan fingerprint density at radius 3 is 2.51 bits per heavy atom. The average molecular weight is 474 g/mol. The zero-order valence-electron chi connectivity index (χ0n) is 23.8. The van der Waals surface area contributed by atoms with Gasteiger partial charge in [0.2, 0.25) is 0 Å². The Balaban J connectivity index is 1.29. The fourth-order valence-corrected chi connectivity index (χ4v) is 10.2. The Morgan fingerprint density at radius 1 is 0.971 bits per heavy atom. The quantitative estimate of drug-likeness (QED) is 0.345. The highest BCUT2D eigenvalue weighted by molar-refractivity contribution is 5.30. The molecule has 4 aliphatic carbocycles. The van der Waals surface area contributed by atoms with Crippen molar-refractivity contribution >= 4 is 0 Å². The lowest BCUT2D eigenvalue weighted by Crippen LogP contribution is -2.50. The van der Waals surface area contributed by atoms with Crippen molar-refractivity contribution in [3.05, 3.63) is 47.5 Å². The van der Waals surface area contributed by atoms with Gasteiger partial charge in [0, 0.05) is 0 Å². The largest absolute Gasteiger partial charge is 0.0845 e. The molecule has 0 amide bonds. The number of benzene rings is 1. The van der Waals surface area contributed by atoms with E-state index < -0.39 is 0 Å². The molecule has 193 valence electrons. The first kappa shape index (κ1) is 25.6. The zero-order valence-corrected chi connectivity index (χ0v) is 23.8. The van der Waals surface area contributed by atoms with Crippen LogP contribution in [0.25, 0.3) is 0 Å². The maximum Gasteiger partial charge on any atom is -0.00848 e. The van der Waals surface area contributed by atoms with Gasteiger partial charge in [-0.3, -0.25) is 0 Å². The lowest BCUT2D eigenvalue weighted by molar-refractivity contribution is -0.0513. The smallest absolute Gasteiger partial charge is 0.00848 e. The van der Waals surface area contributed by atoms with E-state index in [0.29, 0.717) is 16.7 Å². The Morgan fingerprint density at radius 2 is 1.80 bits per heavy atom. The monoisotopic (exact) mass is 473 g/mol. The highest BCUT2D eigenvalue weighted by Gasteiger charge is 2.59. The topological polar surface area (TPSA) is 0 Å². The van der Waals surface area contributed by atoms with Crippen LogP contribution in [-0.4, -0.2) is 0 Å². The number of allylic oxidation sites excluding steroid dienone is 2. The molecule has 0 N–H and O–H groups in total. The summed E-state index contributed by atoms with van der Waals surface area (Å²) in [7, 11) is 0. The predicted octanol–water partition coefficient (Wildman–Crippen LogP) is 10.2. The van der Waals surface area contributed by atoms with Crippen molar-refractivity contribution in [1.29, 1.82) is 0 Å². The van der Waals surface area contributed by atoms with E-state index in [4.69, 9.17) is 0 Å². The summed E-state index contributed by atoms with van der Waals surface area (Å²) in [4.78, 5) is 0. The molecule has 1 aromatic rings. The van der Waals surface area contributed by atoms with Gasteiger partial charge in [-0.2, -0.15) is 0 Å². The highest BCUT2D eigenvalue weighted by Crippen LogP contribution is 2.68. The van der Waals surface area contributed by atoms with Gasteiger partial charge in [-0.1, -0.05) is 90.3 Å². The molecular formula is C35H53. The van der Waals surface area contributed by atoms with Crippen molar-refractivity contribution in [1.82, 2.24) is 0 Å². The molecular weight excluding hydrogens is 420 g/mol. The molecule has 4 unspecified atom stereocenters. The van der Waals surface area contributed by atoms with Crippen LogP contribution in [0, 0.1) is 58.3 Å². The fraction of sp³-hybridized carbons (Fsp3) is 0.771. The Hall–Kier alpha value is -1.04. The molecule has 0 aliphatic heterocycles. The van der Waals surface area contributed by atoms with Gasteiger partial charge in [0.15, 0.2) is 0 Å². The van der Waals surface area contributed by atoms with Crippen molar-refractivity contribution < 1.29 is 0 Å². The van der Waals surface area contributed by atoms with E-state index in [0.717, 1.165) is 41.4 Å². The van der Waals surface area contributed by atoms with Crippen molar-refractivity contribution in [2.45, 2.75) is 118 Å². The summed E-state index contributed by atoms with van der Waals surface area (Å²) in [5.41, 5.74) is 4.32. The second-order valence-electron chi connectivity index (χ2n) is 14.2. The van der Waals surface area contributed by atoms with Gasteiger partial charge in [0.05, 0.1) is 0 Å². The average Bonchev–Trinajstić information content (AvgIpc) is 3.21. The summed E-state index contributed by atoms with van der Waals surface area (Å²) >= 11 is 0. The van der Waals surface area contributed by atoms with E-state index >= 15 is 0 Å². The van der Waals surface area contributed by atoms with Crippen molar-refractivity contribution in [2.24, 2.45) is 52.3 Å². The molecule has 0 aromatic heterocycles. The lowest BCUT2D eigenvalue weighted by Gasteiger charge is -2.58. The first-order chi connectivity index (χ1) is 16.8. The van der Waals surface area contributed by atoms with Gasteiger partial charge >= 0.3 is 0 Å². The summed E-state index contributed by atoms with van der Waals surface area (Å²) < 4.78 is 0. The van der Waals surface area contributed by atoms with Crippen LogP contribution in [0.1, 0.15) is 124 Å². The second kappa shape index (κ2) is 10.0. The van der Waals surface area contributed by atoms with E-state index in [1.807, 2.05) is 5.57 Å². The standard InChI is InChI=1S/C35H53/c1-7-26(24(2)3)14-13-25(4)31-17-18-32-30-16-15-29-23-28(27-11-9-8-10-12-27)19-21-34(29,5)33(30)20-22-35(31,32)6/h8-11,15,24-26,28,30-33H,7,13-14,16-23H2,1-6H3/t25-,26-,28?,30?,31-,32?,33?,34+,35-/m1/s1. The third-order valence-corrected chi connectivity index (χ3v) is 12.5. The molecule has 0 nitrogen and oxygen atoms in total. The Labute approximate surface area is 217 Å². The highest BCUT2D eigenvalue weighted by atomic mass is 14.6. The zero-order chi connectivity index (χ0) is 24.8. The number of rotatable bonds is 7. The Kier molecular flexibility index (Phi) is 7.33. The minimum Gasteiger partial charge on any atom is -0.0845 e. The van der Waals surface area contributed by atoms with Crippen LogP contribution in [-0.2, 0) is 0 Å². The number of fused-ring (bicyclic) bond motifs is 5. The predicted molar refractivity (Wildman–Crippen MR) is 150 cm³/mol. The molecule has 0 saturated heterocycles. The summed E-state index contributed by atoms with van der Waals surface area (Å²) in [5.74, 6) is 7.15. The van der Waals surface area contributed by atoms with E-state index in [9.17, 15) is 0 Å². The molecule has 3 fully saturated rings. The third kappa shape index (κ3) is 4.48. The molecule has 1 aromatic carbocycles. The second-order valence-corrected chi connectivity index (χ2v) is 14.2. The van der Waals surface area contributed by atoms with Crippen LogP contribution in [0.4, 0.5) is 0 Å². The molecule has 5 rings (SSSR count). The number of hydrogen-bond acceptors (Lipinski definition) is 0. The minimum atomic E-state index is 0.463.